The summed E-state index contributed by atoms with van der Waals surface area (Å²) in [5, 5.41) is 15.4. The Morgan fingerprint density at radius 2 is 2.09 bits per heavy atom. The number of aryl methyl sites for hydroxylation is 1. The van der Waals surface area contributed by atoms with Gasteiger partial charge in [0.25, 0.3) is 5.56 Å². The maximum Gasteiger partial charge on any atom is 0.275 e. The maximum absolute atomic E-state index is 11.7. The first kappa shape index (κ1) is 15.0. The summed E-state index contributed by atoms with van der Waals surface area (Å²) in [7, 11) is 0. The van der Waals surface area contributed by atoms with E-state index in [2.05, 4.69) is 10.1 Å². The molecule has 0 spiro atoms. The van der Waals surface area contributed by atoms with Crippen LogP contribution in [0.5, 0.6) is 0 Å². The van der Waals surface area contributed by atoms with Gasteiger partial charge >= 0.3 is 0 Å². The van der Waals surface area contributed by atoms with Crippen molar-refractivity contribution < 1.29 is 5.11 Å². The Morgan fingerprint density at radius 3 is 2.86 bits per heavy atom. The van der Waals surface area contributed by atoms with E-state index in [1.54, 1.807) is 35.9 Å². The highest BCUT2D eigenvalue weighted by Crippen LogP contribution is 2.27. The van der Waals surface area contributed by atoms with Gasteiger partial charge in [-0.15, -0.1) is 5.10 Å². The van der Waals surface area contributed by atoms with Gasteiger partial charge in [-0.25, -0.2) is 0 Å². The molecule has 0 aliphatic carbocycles. The first-order chi connectivity index (χ1) is 10.5. The standard InChI is InChI=1S/C14H12Cl2N4O2/c1-8-17-14-19(5-4-13(22)20(14)18-8)7-12(21)10-6-9(15)2-3-11(10)16/h2-6,12,21H,7H2,1H3. The number of halogens is 2. The first-order valence-electron chi connectivity index (χ1n) is 6.51. The van der Waals surface area contributed by atoms with E-state index in [0.717, 1.165) is 0 Å². The third kappa shape index (κ3) is 2.72. The van der Waals surface area contributed by atoms with Crippen molar-refractivity contribution in [1.29, 1.82) is 0 Å². The van der Waals surface area contributed by atoms with Crippen LogP contribution in [0.25, 0.3) is 5.78 Å². The maximum atomic E-state index is 11.7. The van der Waals surface area contributed by atoms with Crippen LogP contribution in [0.15, 0.2) is 35.3 Å². The fraction of sp³-hybridized carbons (Fsp3) is 0.214. The molecule has 6 nitrogen and oxygen atoms in total. The number of benzene rings is 1. The summed E-state index contributed by atoms with van der Waals surface area (Å²) in [6.45, 7) is 1.86. The molecule has 1 aromatic carbocycles. The third-order valence-corrected chi connectivity index (χ3v) is 3.82. The lowest BCUT2D eigenvalue weighted by atomic mass is 10.1. The van der Waals surface area contributed by atoms with Gasteiger partial charge in [-0.2, -0.15) is 9.50 Å². The Kier molecular flexibility index (Phi) is 3.90. The quantitative estimate of drug-likeness (QED) is 0.794. The highest BCUT2D eigenvalue weighted by atomic mass is 35.5. The highest BCUT2D eigenvalue weighted by Gasteiger charge is 2.15. The average molecular weight is 339 g/mol. The molecule has 2 heterocycles. The molecule has 0 aliphatic rings. The minimum Gasteiger partial charge on any atom is -0.386 e. The molecule has 114 valence electrons. The number of aromatic nitrogens is 4. The SMILES string of the molecule is Cc1nc2n(CC(O)c3cc(Cl)ccc3Cl)ccc(=O)n2n1. The lowest BCUT2D eigenvalue weighted by Gasteiger charge is -2.15. The topological polar surface area (TPSA) is 72.4 Å². The molecule has 1 N–H and O–H groups in total. The molecule has 0 fully saturated rings. The fourth-order valence-electron chi connectivity index (χ4n) is 2.23. The number of aliphatic hydroxyl groups is 1. The van der Waals surface area contributed by atoms with Crippen molar-refractivity contribution >= 4 is 29.0 Å². The summed E-state index contributed by atoms with van der Waals surface area (Å²) in [5.41, 5.74) is 0.240. The van der Waals surface area contributed by atoms with Gasteiger partial charge in [-0.05, 0) is 25.1 Å². The molecular formula is C14H12Cl2N4O2. The van der Waals surface area contributed by atoms with E-state index < -0.39 is 6.10 Å². The lowest BCUT2D eigenvalue weighted by Crippen LogP contribution is -2.19. The molecule has 22 heavy (non-hydrogen) atoms. The second kappa shape index (κ2) is 5.72. The number of rotatable bonds is 3. The van der Waals surface area contributed by atoms with Gasteiger partial charge in [0, 0.05) is 27.9 Å². The molecule has 0 radical (unpaired) electrons. The van der Waals surface area contributed by atoms with E-state index in [9.17, 15) is 9.90 Å². The summed E-state index contributed by atoms with van der Waals surface area (Å²) in [5.74, 6) is 0.842. The van der Waals surface area contributed by atoms with Crippen molar-refractivity contribution in [3.05, 3.63) is 62.2 Å². The molecule has 0 aliphatic heterocycles. The molecule has 3 aromatic rings. The molecule has 3 rings (SSSR count). The number of nitrogens with zero attached hydrogens (tertiary/aromatic N) is 4. The summed E-state index contributed by atoms with van der Waals surface area (Å²) in [6, 6.07) is 6.26. The van der Waals surface area contributed by atoms with Crippen molar-refractivity contribution in [3.8, 4) is 0 Å². The van der Waals surface area contributed by atoms with E-state index >= 15 is 0 Å². The zero-order chi connectivity index (χ0) is 15.9. The van der Waals surface area contributed by atoms with Gasteiger partial charge < -0.3 is 9.67 Å². The van der Waals surface area contributed by atoms with E-state index in [1.807, 2.05) is 0 Å². The second-order valence-electron chi connectivity index (χ2n) is 4.86. The summed E-state index contributed by atoms with van der Waals surface area (Å²) < 4.78 is 2.84. The van der Waals surface area contributed by atoms with E-state index in [0.29, 0.717) is 27.2 Å². The Morgan fingerprint density at radius 1 is 1.32 bits per heavy atom. The van der Waals surface area contributed by atoms with Gasteiger partial charge in [0.1, 0.15) is 5.82 Å². The van der Waals surface area contributed by atoms with E-state index in [4.69, 9.17) is 23.2 Å². The van der Waals surface area contributed by atoms with Crippen molar-refractivity contribution in [3.63, 3.8) is 0 Å². The van der Waals surface area contributed by atoms with Crippen LogP contribution in [-0.4, -0.2) is 24.3 Å². The van der Waals surface area contributed by atoms with E-state index in [1.165, 1.54) is 10.6 Å². The first-order valence-corrected chi connectivity index (χ1v) is 7.27. The van der Waals surface area contributed by atoms with Crippen LogP contribution >= 0.6 is 23.2 Å². The molecule has 2 aromatic heterocycles. The van der Waals surface area contributed by atoms with Gasteiger partial charge in [-0.1, -0.05) is 23.2 Å². The van der Waals surface area contributed by atoms with Gasteiger partial charge in [0.05, 0.1) is 12.6 Å². The van der Waals surface area contributed by atoms with Crippen molar-refractivity contribution in [2.24, 2.45) is 0 Å². The van der Waals surface area contributed by atoms with Crippen LogP contribution in [-0.2, 0) is 6.54 Å². The van der Waals surface area contributed by atoms with Crippen LogP contribution in [0.1, 0.15) is 17.5 Å². The van der Waals surface area contributed by atoms with Gasteiger partial charge in [0.15, 0.2) is 0 Å². The number of hydrogen-bond donors (Lipinski definition) is 1. The zero-order valence-electron chi connectivity index (χ0n) is 11.6. The zero-order valence-corrected chi connectivity index (χ0v) is 13.1. The predicted octanol–water partition coefficient (Wildman–Crippen LogP) is 2.24. The molecule has 1 unspecified atom stereocenters. The Bertz CT molecular complexity index is 903. The Balaban J connectivity index is 2.01. The Hall–Kier alpha value is -1.89. The molecule has 0 saturated carbocycles. The molecular weight excluding hydrogens is 327 g/mol. The van der Waals surface area contributed by atoms with Crippen LogP contribution in [0, 0.1) is 6.92 Å². The second-order valence-corrected chi connectivity index (χ2v) is 5.70. The lowest BCUT2D eigenvalue weighted by molar-refractivity contribution is 0.157. The largest absolute Gasteiger partial charge is 0.386 e. The van der Waals surface area contributed by atoms with Crippen molar-refractivity contribution in [2.75, 3.05) is 0 Å². The van der Waals surface area contributed by atoms with Crippen molar-refractivity contribution in [2.45, 2.75) is 19.6 Å². The minimum atomic E-state index is -0.894. The third-order valence-electron chi connectivity index (χ3n) is 3.25. The molecule has 1 atom stereocenters. The number of fused-ring (bicyclic) bond motifs is 1. The Labute approximate surface area is 135 Å². The summed E-state index contributed by atoms with van der Waals surface area (Å²) in [4.78, 5) is 16.0. The summed E-state index contributed by atoms with van der Waals surface area (Å²) in [6.07, 6.45) is 0.669. The molecule has 8 heteroatoms. The number of aliphatic hydroxyl groups excluding tert-OH is 1. The van der Waals surface area contributed by atoms with Gasteiger partial charge in [-0.3, -0.25) is 4.79 Å². The molecule has 0 bridgehead atoms. The van der Waals surface area contributed by atoms with Crippen LogP contribution < -0.4 is 5.56 Å². The van der Waals surface area contributed by atoms with Crippen LogP contribution in [0.3, 0.4) is 0 Å². The average Bonchev–Trinajstić information content (AvgIpc) is 2.87. The smallest absolute Gasteiger partial charge is 0.275 e. The highest BCUT2D eigenvalue weighted by molar-refractivity contribution is 6.33. The normalized spacial score (nSPS) is 12.7. The predicted molar refractivity (Wildman–Crippen MR) is 83.4 cm³/mol. The fourth-order valence-corrected chi connectivity index (χ4v) is 2.65. The van der Waals surface area contributed by atoms with Crippen LogP contribution in [0.4, 0.5) is 0 Å². The summed E-state index contributed by atoms with van der Waals surface area (Å²) >= 11 is 12.0. The minimum absolute atomic E-state index is 0.169. The number of hydrogen-bond acceptors (Lipinski definition) is 4. The van der Waals surface area contributed by atoms with Crippen LogP contribution in [0.2, 0.25) is 10.0 Å². The molecule has 0 saturated heterocycles. The van der Waals surface area contributed by atoms with Gasteiger partial charge in [0.2, 0.25) is 5.78 Å². The van der Waals surface area contributed by atoms with Crippen molar-refractivity contribution in [1.82, 2.24) is 19.2 Å². The van der Waals surface area contributed by atoms with E-state index in [-0.39, 0.29) is 12.1 Å². The monoisotopic (exact) mass is 338 g/mol. The molecule has 0 amide bonds.